The van der Waals surface area contributed by atoms with Crippen molar-refractivity contribution in [2.24, 2.45) is 10.8 Å². The Labute approximate surface area is 92.0 Å². The van der Waals surface area contributed by atoms with Crippen molar-refractivity contribution in [3.63, 3.8) is 0 Å². The van der Waals surface area contributed by atoms with E-state index in [1.54, 1.807) is 0 Å². The number of Topliss-reactive ketones (excluding diaryl/α,β-unsaturated/α-hetero) is 1. The van der Waals surface area contributed by atoms with Crippen LogP contribution in [0.2, 0.25) is 0 Å². The van der Waals surface area contributed by atoms with Gasteiger partial charge in [-0.25, -0.2) is 0 Å². The van der Waals surface area contributed by atoms with Crippen molar-refractivity contribution < 1.29 is 4.79 Å². The van der Waals surface area contributed by atoms with E-state index in [0.29, 0.717) is 0 Å². The zero-order chi connectivity index (χ0) is 10.4. The van der Waals surface area contributed by atoms with Crippen LogP contribution in [-0.2, 0) is 4.79 Å². The van der Waals surface area contributed by atoms with Gasteiger partial charge in [-0.2, -0.15) is 0 Å². The number of rotatable bonds is 0. The highest BCUT2D eigenvalue weighted by molar-refractivity contribution is 8.03. The van der Waals surface area contributed by atoms with Crippen LogP contribution in [0.1, 0.15) is 27.7 Å². The van der Waals surface area contributed by atoms with Gasteiger partial charge in [0.15, 0.2) is 9.57 Å². The van der Waals surface area contributed by atoms with E-state index in [2.05, 4.69) is 0 Å². The Morgan fingerprint density at radius 2 is 1.54 bits per heavy atom. The Kier molecular flexibility index (Phi) is 2.70. The van der Waals surface area contributed by atoms with E-state index >= 15 is 0 Å². The molecule has 0 N–H and O–H groups in total. The summed E-state index contributed by atoms with van der Waals surface area (Å²) in [7, 11) is 1.30. The van der Waals surface area contributed by atoms with E-state index < -0.39 is 0 Å². The summed E-state index contributed by atoms with van der Waals surface area (Å²) in [5.74, 6) is 0.247. The van der Waals surface area contributed by atoms with Crippen LogP contribution in [-0.4, -0.2) is 14.4 Å². The molecule has 1 saturated carbocycles. The van der Waals surface area contributed by atoms with Crippen molar-refractivity contribution in [2.75, 3.05) is 0 Å². The van der Waals surface area contributed by atoms with Crippen molar-refractivity contribution in [3.8, 4) is 0 Å². The molecule has 0 atom stereocenters. The first-order chi connectivity index (χ1) is 5.70. The number of ketones is 1. The Hall–Kier alpha value is 0.210. The topological polar surface area (TPSA) is 17.1 Å². The van der Waals surface area contributed by atoms with Gasteiger partial charge in [0.25, 0.3) is 0 Å². The van der Waals surface area contributed by atoms with Crippen LogP contribution < -0.4 is 0 Å². The average molecular weight is 239 g/mol. The second-order valence-electron chi connectivity index (χ2n) is 4.24. The standard InChI is InChI=1S/C9H12Cl2OS/c1-8(2)5(12)9(3,4)6(8)13-7(10)11/h1-4H3. The molecule has 0 heterocycles. The van der Waals surface area contributed by atoms with Gasteiger partial charge in [0.1, 0.15) is 0 Å². The first kappa shape index (κ1) is 11.3. The van der Waals surface area contributed by atoms with E-state index in [1.165, 1.54) is 10.9 Å². The lowest BCUT2D eigenvalue weighted by Crippen LogP contribution is -2.60. The van der Waals surface area contributed by atoms with Crippen LogP contribution in [0.4, 0.5) is 0 Å². The van der Waals surface area contributed by atoms with Crippen molar-refractivity contribution in [1.82, 2.24) is 0 Å². The maximum absolute atomic E-state index is 11.7. The molecule has 1 aliphatic carbocycles. The summed E-state index contributed by atoms with van der Waals surface area (Å²) in [5, 5.41) is 0. The third kappa shape index (κ3) is 1.60. The van der Waals surface area contributed by atoms with Crippen LogP contribution in [0.25, 0.3) is 0 Å². The third-order valence-electron chi connectivity index (χ3n) is 2.45. The summed E-state index contributed by atoms with van der Waals surface area (Å²) < 4.78 is 0.253. The Bertz CT molecular complexity index is 312. The first-order valence-electron chi connectivity index (χ1n) is 3.99. The largest absolute Gasteiger partial charge is 0.298 e. The molecule has 0 unspecified atom stereocenters. The maximum Gasteiger partial charge on any atom is 0.159 e. The van der Waals surface area contributed by atoms with Crippen LogP contribution in [0.15, 0.2) is 0 Å². The van der Waals surface area contributed by atoms with Gasteiger partial charge in [-0.15, -0.1) is 10.9 Å². The van der Waals surface area contributed by atoms with Crippen LogP contribution in [0.3, 0.4) is 0 Å². The minimum Gasteiger partial charge on any atom is -0.298 e. The molecule has 4 heteroatoms. The number of hydrogen-bond donors (Lipinski definition) is 0. The fourth-order valence-corrected chi connectivity index (χ4v) is 3.35. The minimum absolute atomic E-state index is 0.247. The molecule has 0 amide bonds. The summed E-state index contributed by atoms with van der Waals surface area (Å²) in [4.78, 5) is 12.7. The summed E-state index contributed by atoms with van der Waals surface area (Å²) in [6.45, 7) is 7.61. The summed E-state index contributed by atoms with van der Waals surface area (Å²) in [6, 6.07) is 0. The van der Waals surface area contributed by atoms with Crippen LogP contribution in [0, 0.1) is 10.8 Å². The summed E-state index contributed by atoms with van der Waals surface area (Å²) >= 11 is 11.2. The molecule has 0 aromatic carbocycles. The van der Waals surface area contributed by atoms with Gasteiger partial charge in [0.05, 0.1) is 10.8 Å². The fourth-order valence-electron chi connectivity index (χ4n) is 2.04. The predicted molar refractivity (Wildman–Crippen MR) is 61.9 cm³/mol. The SMILES string of the molecule is CC1(C)C(=O)C(C)(C)C1=S=C(Cl)Cl. The number of carbonyl (C=O) groups excluding carboxylic acids is 1. The molecule has 0 saturated heterocycles. The molecule has 1 nitrogen and oxygen atoms in total. The first-order valence-corrected chi connectivity index (χ1v) is 5.56. The van der Waals surface area contributed by atoms with Gasteiger partial charge in [-0.05, 0) is 27.7 Å². The van der Waals surface area contributed by atoms with E-state index in [9.17, 15) is 4.79 Å². The van der Waals surface area contributed by atoms with Gasteiger partial charge in [0.2, 0.25) is 0 Å². The molecule has 1 fully saturated rings. The monoisotopic (exact) mass is 238 g/mol. The average Bonchev–Trinajstić information content (AvgIpc) is 1.98. The van der Waals surface area contributed by atoms with Crippen molar-refractivity contribution in [3.05, 3.63) is 0 Å². The third-order valence-corrected chi connectivity index (χ3v) is 4.29. The number of carbonyl (C=O) groups is 1. The zero-order valence-corrected chi connectivity index (χ0v) is 10.4. The number of hydrogen-bond acceptors (Lipinski definition) is 1. The normalized spacial score (nSPS) is 23.8. The maximum atomic E-state index is 11.7. The van der Waals surface area contributed by atoms with Crippen molar-refractivity contribution >= 4 is 48.6 Å². The molecule has 0 radical (unpaired) electrons. The quantitative estimate of drug-likeness (QED) is 0.469. The Morgan fingerprint density at radius 3 is 1.85 bits per heavy atom. The zero-order valence-electron chi connectivity index (χ0n) is 8.07. The molecule has 0 aromatic heterocycles. The molecule has 0 aliphatic heterocycles. The van der Waals surface area contributed by atoms with E-state index in [1.807, 2.05) is 27.7 Å². The number of halogens is 2. The minimum atomic E-state index is -0.386. The van der Waals surface area contributed by atoms with Gasteiger partial charge >= 0.3 is 0 Å². The van der Waals surface area contributed by atoms with Crippen molar-refractivity contribution in [1.29, 1.82) is 0 Å². The molecule has 13 heavy (non-hydrogen) atoms. The van der Waals surface area contributed by atoms with Gasteiger partial charge in [0, 0.05) is 4.86 Å². The smallest absolute Gasteiger partial charge is 0.159 e. The second-order valence-corrected chi connectivity index (χ2v) is 6.65. The summed E-state index contributed by atoms with van der Waals surface area (Å²) in [5.41, 5.74) is -0.771. The second kappa shape index (κ2) is 3.11. The highest BCUT2D eigenvalue weighted by Gasteiger charge is 2.57. The van der Waals surface area contributed by atoms with E-state index in [0.717, 1.165) is 4.86 Å². The molecule has 1 aliphatic rings. The molecule has 74 valence electrons. The Morgan fingerprint density at radius 1 is 1.15 bits per heavy atom. The van der Waals surface area contributed by atoms with Crippen LogP contribution >= 0.6 is 34.1 Å². The lowest BCUT2D eigenvalue weighted by Gasteiger charge is -2.48. The Balaban J connectivity index is 3.29. The lowest BCUT2D eigenvalue weighted by molar-refractivity contribution is -0.134. The van der Waals surface area contributed by atoms with Crippen molar-refractivity contribution in [2.45, 2.75) is 27.7 Å². The van der Waals surface area contributed by atoms with Gasteiger partial charge in [-0.3, -0.25) is 4.79 Å². The highest BCUT2D eigenvalue weighted by atomic mass is 35.5. The van der Waals surface area contributed by atoms with Crippen LogP contribution in [0.5, 0.6) is 0 Å². The molecule has 0 aromatic rings. The fraction of sp³-hybridized carbons (Fsp3) is 0.667. The van der Waals surface area contributed by atoms with Gasteiger partial charge < -0.3 is 0 Å². The lowest BCUT2D eigenvalue weighted by atomic mass is 9.55. The molecule has 0 spiro atoms. The van der Waals surface area contributed by atoms with E-state index in [-0.39, 0.29) is 20.4 Å². The molecule has 0 bridgehead atoms. The molecule has 1 rings (SSSR count). The highest BCUT2D eigenvalue weighted by Crippen LogP contribution is 2.48. The van der Waals surface area contributed by atoms with E-state index in [4.69, 9.17) is 23.2 Å². The molecular formula is C9H12Cl2OS. The predicted octanol–water partition coefficient (Wildman–Crippen LogP) is 3.09. The molecular weight excluding hydrogens is 227 g/mol. The summed E-state index contributed by atoms with van der Waals surface area (Å²) in [6.07, 6.45) is 0. The van der Waals surface area contributed by atoms with Gasteiger partial charge in [-0.1, -0.05) is 23.2 Å².